The number of nitrogens with zero attached hydrogens (tertiary/aromatic N) is 2. The van der Waals surface area contributed by atoms with Gasteiger partial charge in [-0.05, 0) is 25.2 Å². The number of hydrogen-bond acceptors (Lipinski definition) is 3. The van der Waals surface area contributed by atoms with E-state index in [-0.39, 0.29) is 11.9 Å². The lowest BCUT2D eigenvalue weighted by Crippen LogP contribution is -2.56. The van der Waals surface area contributed by atoms with Gasteiger partial charge in [0, 0.05) is 41.2 Å². The molecule has 4 nitrogen and oxygen atoms in total. The number of benzene rings is 1. The SMILES string of the molecule is CN1CCN(C(=O)c2cc(Cl)cc(Br)c2)C(CN)C1. The van der Waals surface area contributed by atoms with Crippen LogP contribution < -0.4 is 5.73 Å². The lowest BCUT2D eigenvalue weighted by Gasteiger charge is -2.39. The first kappa shape index (κ1) is 14.8. The summed E-state index contributed by atoms with van der Waals surface area (Å²) in [6.07, 6.45) is 0. The fraction of sp³-hybridized carbons (Fsp3) is 0.462. The Morgan fingerprint density at radius 2 is 2.21 bits per heavy atom. The van der Waals surface area contributed by atoms with E-state index in [1.165, 1.54) is 0 Å². The normalized spacial score (nSPS) is 20.6. The molecule has 1 aliphatic rings. The summed E-state index contributed by atoms with van der Waals surface area (Å²) in [5.74, 6) is -0.00764. The topological polar surface area (TPSA) is 49.6 Å². The highest BCUT2D eigenvalue weighted by Crippen LogP contribution is 2.22. The third-order valence-electron chi connectivity index (χ3n) is 3.33. The summed E-state index contributed by atoms with van der Waals surface area (Å²) in [5.41, 5.74) is 6.38. The van der Waals surface area contributed by atoms with E-state index in [2.05, 4.69) is 20.8 Å². The third kappa shape index (κ3) is 3.48. The van der Waals surface area contributed by atoms with Crippen LogP contribution in [-0.2, 0) is 0 Å². The summed E-state index contributed by atoms with van der Waals surface area (Å²) in [6, 6.07) is 5.31. The molecule has 1 aromatic carbocycles. The first-order chi connectivity index (χ1) is 9.01. The average molecular weight is 347 g/mol. The van der Waals surface area contributed by atoms with Crippen molar-refractivity contribution in [3.05, 3.63) is 33.3 Å². The number of halogens is 2. The molecule has 2 N–H and O–H groups in total. The maximum absolute atomic E-state index is 12.6. The minimum Gasteiger partial charge on any atom is -0.332 e. The zero-order valence-electron chi connectivity index (χ0n) is 10.8. The number of amides is 1. The van der Waals surface area contributed by atoms with Gasteiger partial charge in [0.05, 0.1) is 6.04 Å². The quantitative estimate of drug-likeness (QED) is 0.888. The van der Waals surface area contributed by atoms with Crippen LogP contribution in [0.2, 0.25) is 5.02 Å². The first-order valence-electron chi connectivity index (χ1n) is 6.17. The van der Waals surface area contributed by atoms with Crippen LogP contribution in [0.25, 0.3) is 0 Å². The van der Waals surface area contributed by atoms with Gasteiger partial charge in [0.25, 0.3) is 5.91 Å². The number of carbonyl (C=O) groups excluding carboxylic acids is 1. The van der Waals surface area contributed by atoms with Gasteiger partial charge in [-0.15, -0.1) is 0 Å². The van der Waals surface area contributed by atoms with Crippen LogP contribution in [0.4, 0.5) is 0 Å². The highest BCUT2D eigenvalue weighted by atomic mass is 79.9. The minimum absolute atomic E-state index is 0.00764. The molecule has 1 fully saturated rings. The number of nitrogens with two attached hydrogens (primary N) is 1. The molecule has 104 valence electrons. The Morgan fingerprint density at radius 1 is 1.47 bits per heavy atom. The average Bonchev–Trinajstić information content (AvgIpc) is 2.36. The second-order valence-electron chi connectivity index (χ2n) is 4.81. The Morgan fingerprint density at radius 3 is 2.84 bits per heavy atom. The van der Waals surface area contributed by atoms with Gasteiger partial charge in [-0.3, -0.25) is 4.79 Å². The lowest BCUT2D eigenvalue weighted by molar-refractivity contribution is 0.0516. The van der Waals surface area contributed by atoms with Crippen molar-refractivity contribution in [2.75, 3.05) is 33.2 Å². The summed E-state index contributed by atoms with van der Waals surface area (Å²) >= 11 is 9.35. The van der Waals surface area contributed by atoms with Crippen LogP contribution >= 0.6 is 27.5 Å². The molecule has 0 bridgehead atoms. The fourth-order valence-corrected chi connectivity index (χ4v) is 3.18. The van der Waals surface area contributed by atoms with E-state index in [0.717, 1.165) is 17.6 Å². The zero-order chi connectivity index (χ0) is 14.0. The number of carbonyl (C=O) groups is 1. The molecule has 2 rings (SSSR count). The van der Waals surface area contributed by atoms with Crippen molar-refractivity contribution in [1.82, 2.24) is 9.80 Å². The maximum atomic E-state index is 12.6. The summed E-state index contributed by atoms with van der Waals surface area (Å²) in [7, 11) is 2.04. The predicted octanol–water partition coefficient (Wildman–Crippen LogP) is 1.82. The van der Waals surface area contributed by atoms with Crippen LogP contribution in [0.3, 0.4) is 0 Å². The molecule has 6 heteroatoms. The molecule has 1 unspecified atom stereocenters. The van der Waals surface area contributed by atoms with Crippen LogP contribution in [-0.4, -0.2) is 55.0 Å². The molecule has 0 aromatic heterocycles. The third-order valence-corrected chi connectivity index (χ3v) is 4.00. The fourth-order valence-electron chi connectivity index (χ4n) is 2.32. The van der Waals surface area contributed by atoms with Crippen LogP contribution in [0.1, 0.15) is 10.4 Å². The van der Waals surface area contributed by atoms with Crippen molar-refractivity contribution in [3.63, 3.8) is 0 Å². The molecule has 0 spiro atoms. The van der Waals surface area contributed by atoms with E-state index in [0.29, 0.717) is 23.7 Å². The van der Waals surface area contributed by atoms with E-state index in [9.17, 15) is 4.79 Å². The van der Waals surface area contributed by atoms with Gasteiger partial charge >= 0.3 is 0 Å². The minimum atomic E-state index is -0.00764. The van der Waals surface area contributed by atoms with Gasteiger partial charge in [0.1, 0.15) is 0 Å². The number of hydrogen-bond donors (Lipinski definition) is 1. The molecular formula is C13H17BrClN3O. The highest BCUT2D eigenvalue weighted by molar-refractivity contribution is 9.10. The Labute approximate surface area is 126 Å². The Hall–Kier alpha value is -0.620. The van der Waals surface area contributed by atoms with E-state index in [1.54, 1.807) is 18.2 Å². The smallest absolute Gasteiger partial charge is 0.254 e. The maximum Gasteiger partial charge on any atom is 0.254 e. The van der Waals surface area contributed by atoms with Crippen molar-refractivity contribution < 1.29 is 4.79 Å². The monoisotopic (exact) mass is 345 g/mol. The van der Waals surface area contributed by atoms with Gasteiger partial charge in [-0.1, -0.05) is 27.5 Å². The predicted molar refractivity (Wildman–Crippen MR) is 80.5 cm³/mol. The zero-order valence-corrected chi connectivity index (χ0v) is 13.1. The van der Waals surface area contributed by atoms with Gasteiger partial charge in [0.2, 0.25) is 0 Å². The van der Waals surface area contributed by atoms with Gasteiger partial charge in [-0.25, -0.2) is 0 Å². The number of piperazine rings is 1. The van der Waals surface area contributed by atoms with E-state index in [1.807, 2.05) is 11.9 Å². The Balaban J connectivity index is 2.22. The molecule has 1 heterocycles. The van der Waals surface area contributed by atoms with Crippen molar-refractivity contribution in [1.29, 1.82) is 0 Å². The summed E-state index contributed by atoms with van der Waals surface area (Å²) in [5, 5.41) is 0.552. The summed E-state index contributed by atoms with van der Waals surface area (Å²) in [6.45, 7) is 2.84. The summed E-state index contributed by atoms with van der Waals surface area (Å²) in [4.78, 5) is 16.6. The lowest BCUT2D eigenvalue weighted by atomic mass is 10.1. The number of likely N-dealkylation sites (N-methyl/N-ethyl adjacent to an activating group) is 1. The van der Waals surface area contributed by atoms with Crippen molar-refractivity contribution >= 4 is 33.4 Å². The molecule has 0 aliphatic carbocycles. The Bertz CT molecular complexity index is 463. The second kappa shape index (κ2) is 6.22. The van der Waals surface area contributed by atoms with Crippen molar-refractivity contribution in [2.24, 2.45) is 5.73 Å². The second-order valence-corrected chi connectivity index (χ2v) is 6.16. The first-order valence-corrected chi connectivity index (χ1v) is 7.34. The standard InChI is InChI=1S/C13H17BrClN3O/c1-17-2-3-18(12(7-16)8-17)13(19)9-4-10(14)6-11(15)5-9/h4-6,12H,2-3,7-8,16H2,1H3. The van der Waals surface area contributed by atoms with Crippen LogP contribution in [0, 0.1) is 0 Å². The molecule has 1 amide bonds. The number of rotatable bonds is 2. The van der Waals surface area contributed by atoms with Crippen molar-refractivity contribution in [2.45, 2.75) is 6.04 Å². The van der Waals surface area contributed by atoms with E-state index in [4.69, 9.17) is 17.3 Å². The van der Waals surface area contributed by atoms with Crippen LogP contribution in [0.15, 0.2) is 22.7 Å². The van der Waals surface area contributed by atoms with Gasteiger partial charge in [0.15, 0.2) is 0 Å². The summed E-state index contributed by atoms with van der Waals surface area (Å²) < 4.78 is 0.807. The van der Waals surface area contributed by atoms with E-state index >= 15 is 0 Å². The highest BCUT2D eigenvalue weighted by Gasteiger charge is 2.28. The molecule has 0 saturated carbocycles. The van der Waals surface area contributed by atoms with E-state index < -0.39 is 0 Å². The molecule has 1 atom stereocenters. The van der Waals surface area contributed by atoms with Gasteiger partial charge < -0.3 is 15.5 Å². The van der Waals surface area contributed by atoms with Crippen LogP contribution in [0.5, 0.6) is 0 Å². The largest absolute Gasteiger partial charge is 0.332 e. The molecule has 1 aromatic rings. The van der Waals surface area contributed by atoms with Crippen molar-refractivity contribution in [3.8, 4) is 0 Å². The Kier molecular flexibility index (Phi) is 4.84. The molecule has 1 saturated heterocycles. The van der Waals surface area contributed by atoms with Gasteiger partial charge in [-0.2, -0.15) is 0 Å². The molecule has 1 aliphatic heterocycles. The molecular weight excluding hydrogens is 330 g/mol. The molecule has 0 radical (unpaired) electrons. The molecule has 19 heavy (non-hydrogen) atoms.